The van der Waals surface area contributed by atoms with Gasteiger partial charge in [-0.15, -0.1) is 58.8 Å². The molecule has 4 nitrogen and oxygen atoms in total. The molecular weight excluding hydrogens is 453 g/mol. The topological polar surface area (TPSA) is 44.7 Å². The van der Waals surface area contributed by atoms with Crippen LogP contribution in [0.1, 0.15) is 12.8 Å². The molecule has 0 saturated carbocycles. The summed E-state index contributed by atoms with van der Waals surface area (Å²) >= 11 is 9.91. The zero-order valence-electron chi connectivity index (χ0n) is 14.6. The van der Waals surface area contributed by atoms with Crippen LogP contribution in [-0.2, 0) is 4.74 Å². The second kappa shape index (κ2) is 21.0. The van der Waals surface area contributed by atoms with Crippen molar-refractivity contribution < 1.29 is 9.84 Å². The van der Waals surface area contributed by atoms with Crippen LogP contribution >= 0.6 is 80.4 Å². The van der Waals surface area contributed by atoms with Gasteiger partial charge < -0.3 is 15.2 Å². The molecule has 1 aliphatic heterocycles. The van der Waals surface area contributed by atoms with Crippen molar-refractivity contribution in [2.24, 2.45) is 0 Å². The Morgan fingerprint density at radius 1 is 1.00 bits per heavy atom. The molecule has 0 spiro atoms. The monoisotopic (exact) mass is 482 g/mol. The maximum Gasteiger partial charge on any atom is 0.102 e. The summed E-state index contributed by atoms with van der Waals surface area (Å²) in [4.78, 5) is 2.50. The lowest BCUT2D eigenvalue weighted by Crippen LogP contribution is -2.27. The van der Waals surface area contributed by atoms with Crippen molar-refractivity contribution in [1.29, 1.82) is 0 Å². The number of nitrogens with one attached hydrogen (secondary N) is 1. The third-order valence-electron chi connectivity index (χ3n) is 2.87. The Morgan fingerprint density at radius 3 is 2.64 bits per heavy atom. The Balaban J connectivity index is 1.65. The van der Waals surface area contributed by atoms with Crippen molar-refractivity contribution in [1.82, 2.24) is 10.2 Å². The maximum absolute atomic E-state index is 8.66. The second-order valence-electron chi connectivity index (χ2n) is 4.98. The van der Waals surface area contributed by atoms with E-state index in [2.05, 4.69) is 10.2 Å². The lowest BCUT2D eigenvalue weighted by atomic mass is 10.4. The van der Waals surface area contributed by atoms with Crippen molar-refractivity contribution >= 4 is 80.4 Å². The second-order valence-corrected chi connectivity index (χ2v) is 13.7. The normalized spacial score (nSPS) is 15.7. The summed E-state index contributed by atoms with van der Waals surface area (Å²) in [5, 5.41) is 16.6. The van der Waals surface area contributed by atoms with Crippen LogP contribution in [0.2, 0.25) is 0 Å². The van der Waals surface area contributed by atoms with E-state index in [-0.39, 0.29) is 6.61 Å². The number of ether oxygens (including phenoxy) is 1. The van der Waals surface area contributed by atoms with Crippen LogP contribution in [0.25, 0.3) is 0 Å². The van der Waals surface area contributed by atoms with E-state index in [0.29, 0.717) is 0 Å². The Morgan fingerprint density at radius 2 is 1.80 bits per heavy atom. The van der Waals surface area contributed by atoms with E-state index in [0.717, 1.165) is 53.1 Å². The van der Waals surface area contributed by atoms with Gasteiger partial charge in [0.05, 0.1) is 5.08 Å². The van der Waals surface area contributed by atoms with Gasteiger partial charge >= 0.3 is 0 Å². The first kappa shape index (κ1) is 25.3. The van der Waals surface area contributed by atoms with Gasteiger partial charge in [-0.1, -0.05) is 21.6 Å². The molecule has 1 aliphatic rings. The zero-order valence-corrected chi connectivity index (χ0v) is 20.3. The predicted molar refractivity (Wildman–Crippen MR) is 129 cm³/mol. The molecule has 0 aliphatic carbocycles. The van der Waals surface area contributed by atoms with Crippen molar-refractivity contribution in [3.63, 3.8) is 0 Å². The van der Waals surface area contributed by atoms with E-state index in [9.17, 15) is 0 Å². The average Bonchev–Trinajstić information content (AvgIpc) is 2.65. The average molecular weight is 483 g/mol. The highest BCUT2D eigenvalue weighted by Crippen LogP contribution is 2.28. The number of hydrogen-bond donors (Lipinski definition) is 2. The number of aliphatic hydroxyl groups excluding tert-OH is 1. The van der Waals surface area contributed by atoms with Crippen molar-refractivity contribution in [2.75, 3.05) is 70.2 Å². The molecule has 11 heteroatoms. The fourth-order valence-electron chi connectivity index (χ4n) is 1.72. The number of hydrogen-bond acceptors (Lipinski definition) is 11. The Labute approximate surface area is 182 Å². The van der Waals surface area contributed by atoms with Gasteiger partial charge in [0.25, 0.3) is 0 Å². The molecule has 1 heterocycles. The lowest BCUT2D eigenvalue weighted by molar-refractivity contribution is 0.169. The first-order valence-electron chi connectivity index (χ1n) is 8.18. The predicted octanol–water partition coefficient (Wildman–Crippen LogP) is 4.39. The van der Waals surface area contributed by atoms with E-state index in [1.54, 1.807) is 0 Å². The highest BCUT2D eigenvalue weighted by molar-refractivity contribution is 8.78. The molecule has 0 unspecified atom stereocenters. The van der Waals surface area contributed by atoms with Crippen molar-refractivity contribution in [3.05, 3.63) is 0 Å². The molecular formula is C14H30N2O2S7. The van der Waals surface area contributed by atoms with Gasteiger partial charge in [0.1, 0.15) is 5.94 Å². The molecule has 0 aromatic heterocycles. The fraction of sp³-hybridized carbons (Fsp3) is 1.00. The third kappa shape index (κ3) is 18.1. The van der Waals surface area contributed by atoms with Crippen LogP contribution in [0.4, 0.5) is 0 Å². The van der Waals surface area contributed by atoms with E-state index >= 15 is 0 Å². The summed E-state index contributed by atoms with van der Waals surface area (Å²) < 4.78 is 5.69. The van der Waals surface area contributed by atoms with Crippen LogP contribution in [0, 0.1) is 0 Å². The van der Waals surface area contributed by atoms with Crippen molar-refractivity contribution in [2.45, 2.75) is 12.8 Å². The van der Waals surface area contributed by atoms with Gasteiger partial charge in [-0.2, -0.15) is 0 Å². The summed E-state index contributed by atoms with van der Waals surface area (Å²) in [5.41, 5.74) is 0. The molecule has 1 fully saturated rings. The summed E-state index contributed by atoms with van der Waals surface area (Å²) in [6, 6.07) is 0. The molecule has 0 amide bonds. The van der Waals surface area contributed by atoms with E-state index in [1.165, 1.54) is 23.4 Å². The van der Waals surface area contributed by atoms with Crippen LogP contribution in [0.3, 0.4) is 0 Å². The van der Waals surface area contributed by atoms with Gasteiger partial charge in [0.15, 0.2) is 0 Å². The molecule has 0 radical (unpaired) electrons. The van der Waals surface area contributed by atoms with Gasteiger partial charge in [-0.3, -0.25) is 4.90 Å². The minimum atomic E-state index is 0.279. The van der Waals surface area contributed by atoms with Crippen molar-refractivity contribution in [3.8, 4) is 0 Å². The van der Waals surface area contributed by atoms with Crippen LogP contribution in [0.15, 0.2) is 0 Å². The Bertz CT molecular complexity index is 278. The van der Waals surface area contributed by atoms with E-state index in [1.807, 2.05) is 80.4 Å². The summed E-state index contributed by atoms with van der Waals surface area (Å²) in [7, 11) is 3.72. The fourth-order valence-corrected chi connectivity index (χ4v) is 9.62. The molecule has 1 rings (SSSR count). The van der Waals surface area contributed by atoms with Gasteiger partial charge in [-0.25, -0.2) is 0 Å². The van der Waals surface area contributed by atoms with Gasteiger partial charge in [-0.05, 0) is 19.4 Å². The molecule has 0 aromatic carbocycles. The minimum absolute atomic E-state index is 0.279. The van der Waals surface area contributed by atoms with Gasteiger partial charge in [0.2, 0.25) is 0 Å². The first-order valence-corrected chi connectivity index (χ1v) is 16.4. The summed E-state index contributed by atoms with van der Waals surface area (Å²) in [6.07, 6.45) is 1.99. The zero-order chi connectivity index (χ0) is 17.8. The summed E-state index contributed by atoms with van der Waals surface area (Å²) in [5.74, 6) is 4.16. The van der Waals surface area contributed by atoms with E-state index in [4.69, 9.17) is 9.84 Å². The Kier molecular flexibility index (Phi) is 21.3. The largest absolute Gasteiger partial charge is 0.396 e. The SMILES string of the molecule is OCCCNCSCSCSCSSCOCCCN1CSCSC1. The smallest absolute Gasteiger partial charge is 0.102 e. The molecule has 0 aromatic rings. The molecule has 2 N–H and O–H groups in total. The quantitative estimate of drug-likeness (QED) is 0.166. The maximum atomic E-state index is 8.66. The van der Waals surface area contributed by atoms with Crippen LogP contribution in [0.5, 0.6) is 0 Å². The number of nitrogens with zero attached hydrogens (tertiary/aromatic N) is 1. The molecule has 0 bridgehead atoms. The van der Waals surface area contributed by atoms with Crippen LogP contribution in [-0.4, -0.2) is 80.2 Å². The number of rotatable bonds is 18. The Hall–Kier alpha value is 2.29. The highest BCUT2D eigenvalue weighted by Gasteiger charge is 2.09. The van der Waals surface area contributed by atoms with Crippen LogP contribution < -0.4 is 5.32 Å². The minimum Gasteiger partial charge on any atom is -0.396 e. The third-order valence-corrected chi connectivity index (χ3v) is 11.5. The molecule has 0 atom stereocenters. The van der Waals surface area contributed by atoms with E-state index < -0.39 is 0 Å². The lowest BCUT2D eigenvalue weighted by Gasteiger charge is -2.25. The molecule has 25 heavy (non-hydrogen) atoms. The number of thioether (sulfide) groups is 5. The number of aliphatic hydroxyl groups is 1. The first-order chi connectivity index (χ1) is 12.4. The van der Waals surface area contributed by atoms with Gasteiger partial charge in [0, 0.05) is 52.6 Å². The highest BCUT2D eigenvalue weighted by atomic mass is 33.1. The molecule has 1 saturated heterocycles. The molecule has 150 valence electrons. The summed E-state index contributed by atoms with van der Waals surface area (Å²) in [6.45, 7) is 3.24. The standard InChI is InChI=1S/C14H30N2O2S7/c17-5-1-3-15-7-19-11-22-13-23-14-25-24-10-18-6-2-4-16-8-20-12-21-9-16/h15,17H,1-14H2.